The van der Waals surface area contributed by atoms with Crippen molar-refractivity contribution in [2.24, 2.45) is 0 Å². The van der Waals surface area contributed by atoms with Crippen LogP contribution in [0.4, 0.5) is 5.69 Å². The van der Waals surface area contributed by atoms with E-state index in [2.05, 4.69) is 5.32 Å². The highest BCUT2D eigenvalue weighted by atomic mass is 32.2. The Morgan fingerprint density at radius 1 is 1.56 bits per heavy atom. The molecular weight excluding hydrogens is 242 g/mol. The van der Waals surface area contributed by atoms with Crippen LogP contribution >= 0.6 is 23.5 Å². The smallest absolute Gasteiger partial charge is 0.353 e. The molecule has 16 heavy (non-hydrogen) atoms. The van der Waals surface area contributed by atoms with Crippen LogP contribution < -0.4 is 5.32 Å². The second-order valence-corrected chi connectivity index (χ2v) is 5.80. The maximum Gasteiger partial charge on any atom is 0.353 e. The van der Waals surface area contributed by atoms with Crippen molar-refractivity contribution < 1.29 is 9.53 Å². The number of carbonyl (C=O) groups excluding carboxylic acids is 1. The predicted octanol–water partition coefficient (Wildman–Crippen LogP) is 2.78. The zero-order valence-corrected chi connectivity index (χ0v) is 10.8. The SMILES string of the molecule is CCOC(=O)C1(SC)Nc2ccccc2S1. The van der Waals surface area contributed by atoms with E-state index in [1.165, 1.54) is 23.5 Å². The number of hydrogen-bond donors (Lipinski definition) is 1. The molecule has 0 fully saturated rings. The number of esters is 1. The molecule has 5 heteroatoms. The molecule has 1 N–H and O–H groups in total. The molecule has 0 bridgehead atoms. The fourth-order valence-corrected chi connectivity index (χ4v) is 3.54. The Morgan fingerprint density at radius 3 is 2.94 bits per heavy atom. The van der Waals surface area contributed by atoms with Crippen LogP contribution in [0.25, 0.3) is 0 Å². The summed E-state index contributed by atoms with van der Waals surface area (Å²) < 4.78 is 4.39. The van der Waals surface area contributed by atoms with Crippen LogP contribution in [0.2, 0.25) is 0 Å². The van der Waals surface area contributed by atoms with Crippen LogP contribution in [-0.4, -0.2) is 23.0 Å². The number of rotatable bonds is 3. The van der Waals surface area contributed by atoms with Gasteiger partial charge in [-0.05, 0) is 25.3 Å². The van der Waals surface area contributed by atoms with Crippen molar-refractivity contribution in [2.75, 3.05) is 18.2 Å². The lowest BCUT2D eigenvalue weighted by atomic mass is 10.3. The van der Waals surface area contributed by atoms with Crippen molar-refractivity contribution in [3.05, 3.63) is 24.3 Å². The topological polar surface area (TPSA) is 38.3 Å². The first-order chi connectivity index (χ1) is 7.72. The Hall–Kier alpha value is -0.810. The summed E-state index contributed by atoms with van der Waals surface area (Å²) in [6.45, 7) is 2.22. The van der Waals surface area contributed by atoms with Gasteiger partial charge in [0.15, 0.2) is 0 Å². The van der Waals surface area contributed by atoms with Crippen molar-refractivity contribution >= 4 is 35.2 Å². The van der Waals surface area contributed by atoms with Crippen LogP contribution in [-0.2, 0) is 9.53 Å². The molecule has 1 aliphatic rings. The van der Waals surface area contributed by atoms with Gasteiger partial charge in [-0.2, -0.15) is 0 Å². The molecule has 0 amide bonds. The first kappa shape index (κ1) is 11.7. The highest BCUT2D eigenvalue weighted by Crippen LogP contribution is 2.50. The van der Waals surface area contributed by atoms with Gasteiger partial charge in [-0.1, -0.05) is 23.9 Å². The molecule has 3 nitrogen and oxygen atoms in total. The standard InChI is InChI=1S/C11H13NO2S2/c1-3-14-10(13)11(15-2)12-8-6-4-5-7-9(8)16-11/h4-7,12H,3H2,1-2H3. The quantitative estimate of drug-likeness (QED) is 0.841. The van der Waals surface area contributed by atoms with E-state index in [9.17, 15) is 4.79 Å². The molecule has 2 rings (SSSR count). The minimum absolute atomic E-state index is 0.219. The molecule has 0 spiro atoms. The summed E-state index contributed by atoms with van der Waals surface area (Å²) in [5, 5.41) is 3.23. The number of carbonyl (C=O) groups is 1. The zero-order valence-electron chi connectivity index (χ0n) is 9.15. The second-order valence-electron chi connectivity index (χ2n) is 3.26. The number of benzene rings is 1. The molecule has 1 aliphatic heterocycles. The molecule has 1 aromatic carbocycles. The minimum atomic E-state index is -0.723. The molecule has 1 aromatic rings. The van der Waals surface area contributed by atoms with Crippen LogP contribution in [0.1, 0.15) is 6.92 Å². The van der Waals surface area contributed by atoms with Gasteiger partial charge in [0.2, 0.25) is 4.20 Å². The van der Waals surface area contributed by atoms with Gasteiger partial charge < -0.3 is 10.1 Å². The van der Waals surface area contributed by atoms with E-state index in [4.69, 9.17) is 4.74 Å². The van der Waals surface area contributed by atoms with Gasteiger partial charge in [0.1, 0.15) is 0 Å². The third-order valence-electron chi connectivity index (χ3n) is 2.27. The van der Waals surface area contributed by atoms with Gasteiger partial charge in [-0.25, -0.2) is 4.79 Å². The van der Waals surface area contributed by atoms with Crippen LogP contribution in [0.15, 0.2) is 29.2 Å². The highest BCUT2D eigenvalue weighted by Gasteiger charge is 2.45. The molecule has 0 aromatic heterocycles. The molecule has 1 heterocycles. The van der Waals surface area contributed by atoms with Gasteiger partial charge in [0.25, 0.3) is 0 Å². The monoisotopic (exact) mass is 255 g/mol. The second kappa shape index (κ2) is 4.59. The van der Waals surface area contributed by atoms with Crippen LogP contribution in [0.5, 0.6) is 0 Å². The first-order valence-electron chi connectivity index (χ1n) is 5.00. The van der Waals surface area contributed by atoms with Crippen molar-refractivity contribution in [1.82, 2.24) is 0 Å². The molecule has 1 unspecified atom stereocenters. The van der Waals surface area contributed by atoms with E-state index < -0.39 is 4.20 Å². The number of thioether (sulfide) groups is 2. The zero-order chi connectivity index (χ0) is 11.6. The van der Waals surface area contributed by atoms with E-state index in [1.807, 2.05) is 37.4 Å². The maximum absolute atomic E-state index is 11.9. The Morgan fingerprint density at radius 2 is 2.31 bits per heavy atom. The molecule has 0 saturated heterocycles. The summed E-state index contributed by atoms with van der Waals surface area (Å²) in [7, 11) is 0. The normalized spacial score (nSPS) is 22.4. The highest BCUT2D eigenvalue weighted by molar-refractivity contribution is 8.19. The summed E-state index contributed by atoms with van der Waals surface area (Å²) in [5.41, 5.74) is 0.995. The van der Waals surface area contributed by atoms with Crippen molar-refractivity contribution in [2.45, 2.75) is 16.0 Å². The van der Waals surface area contributed by atoms with Gasteiger partial charge >= 0.3 is 5.97 Å². The maximum atomic E-state index is 11.9. The fourth-order valence-electron chi connectivity index (χ4n) is 1.51. The summed E-state index contributed by atoms with van der Waals surface area (Å²) in [6.07, 6.45) is 1.91. The first-order valence-corrected chi connectivity index (χ1v) is 7.04. The number of anilines is 1. The van der Waals surface area contributed by atoms with Crippen LogP contribution in [0.3, 0.4) is 0 Å². The van der Waals surface area contributed by atoms with Crippen molar-refractivity contribution in [3.63, 3.8) is 0 Å². The van der Waals surface area contributed by atoms with Crippen molar-refractivity contribution in [1.29, 1.82) is 0 Å². The Bertz CT molecular complexity index is 384. The van der Waals surface area contributed by atoms with Gasteiger partial charge in [0.05, 0.1) is 12.3 Å². The number of para-hydroxylation sites is 1. The Kier molecular flexibility index (Phi) is 3.35. The van der Waals surface area contributed by atoms with E-state index in [-0.39, 0.29) is 5.97 Å². The lowest BCUT2D eigenvalue weighted by Gasteiger charge is -2.23. The average Bonchev–Trinajstić information content (AvgIpc) is 2.69. The molecule has 0 radical (unpaired) electrons. The van der Waals surface area contributed by atoms with Crippen LogP contribution in [0, 0.1) is 0 Å². The third-order valence-corrected chi connectivity index (χ3v) is 5.00. The number of fused-ring (bicyclic) bond motifs is 1. The lowest BCUT2D eigenvalue weighted by Crippen LogP contribution is -2.38. The van der Waals surface area contributed by atoms with Gasteiger partial charge in [0, 0.05) is 4.90 Å². The van der Waals surface area contributed by atoms with E-state index in [0.717, 1.165) is 10.6 Å². The largest absolute Gasteiger partial charge is 0.463 e. The molecule has 86 valence electrons. The van der Waals surface area contributed by atoms with E-state index in [1.54, 1.807) is 0 Å². The summed E-state index contributed by atoms with van der Waals surface area (Å²) in [6, 6.07) is 7.90. The lowest BCUT2D eigenvalue weighted by molar-refractivity contribution is -0.142. The average molecular weight is 255 g/mol. The van der Waals surface area contributed by atoms with E-state index >= 15 is 0 Å². The molecular formula is C11H13NO2S2. The molecule has 1 atom stereocenters. The molecule has 0 saturated carbocycles. The van der Waals surface area contributed by atoms with Crippen molar-refractivity contribution in [3.8, 4) is 0 Å². The fraction of sp³-hybridized carbons (Fsp3) is 0.364. The number of nitrogens with one attached hydrogen (secondary N) is 1. The summed E-state index contributed by atoms with van der Waals surface area (Å²) >= 11 is 2.97. The van der Waals surface area contributed by atoms with Gasteiger partial charge in [-0.15, -0.1) is 11.8 Å². The Labute approximate surface area is 103 Å². The molecule has 0 aliphatic carbocycles. The predicted molar refractivity (Wildman–Crippen MR) is 68.8 cm³/mol. The third kappa shape index (κ3) is 1.89. The summed E-state index contributed by atoms with van der Waals surface area (Å²) in [4.78, 5) is 13.0. The number of hydrogen-bond acceptors (Lipinski definition) is 5. The van der Waals surface area contributed by atoms with Gasteiger partial charge in [-0.3, -0.25) is 0 Å². The Balaban J connectivity index is 2.26. The van der Waals surface area contributed by atoms with E-state index in [0.29, 0.717) is 6.61 Å². The number of ether oxygens (including phenoxy) is 1. The minimum Gasteiger partial charge on any atom is -0.463 e. The summed E-state index contributed by atoms with van der Waals surface area (Å²) in [5.74, 6) is -0.219.